The van der Waals surface area contributed by atoms with Gasteiger partial charge in [0.1, 0.15) is 0 Å². The van der Waals surface area contributed by atoms with Crippen LogP contribution in [0, 0.1) is 10.1 Å². The molecule has 9 heteroatoms. The molecule has 0 aliphatic carbocycles. The standard InChI is InChI=1S/C21H22N4O5/c1-22-11-12-23(14-15-5-2-3-6-17(15)22)20(26)7-4-10-24-18-9-8-16(25(28)29)13-19(18)30-21(24)27/h2-3,5-6,8-9,13H,4,7,10-12,14H2,1H3. The minimum absolute atomic E-state index is 0.0385. The van der Waals surface area contributed by atoms with Gasteiger partial charge in [0.2, 0.25) is 5.91 Å². The number of nitro groups is 1. The van der Waals surface area contributed by atoms with Crippen molar-refractivity contribution >= 4 is 28.4 Å². The Hall–Kier alpha value is -3.62. The monoisotopic (exact) mass is 410 g/mol. The Morgan fingerprint density at radius 2 is 2.00 bits per heavy atom. The van der Waals surface area contributed by atoms with Crippen molar-refractivity contribution < 1.29 is 14.1 Å². The van der Waals surface area contributed by atoms with E-state index in [-0.39, 0.29) is 17.2 Å². The van der Waals surface area contributed by atoms with Gasteiger partial charge in [-0.1, -0.05) is 18.2 Å². The van der Waals surface area contributed by atoms with E-state index in [2.05, 4.69) is 11.0 Å². The molecule has 1 aliphatic rings. The molecule has 0 radical (unpaired) electrons. The number of non-ortho nitro benzene ring substituents is 1. The zero-order chi connectivity index (χ0) is 21.3. The van der Waals surface area contributed by atoms with Crippen molar-refractivity contribution in [2.45, 2.75) is 25.9 Å². The number of oxazole rings is 1. The lowest BCUT2D eigenvalue weighted by Crippen LogP contribution is -2.34. The molecule has 1 amide bonds. The summed E-state index contributed by atoms with van der Waals surface area (Å²) in [6.07, 6.45) is 0.774. The summed E-state index contributed by atoms with van der Waals surface area (Å²) >= 11 is 0. The molecule has 156 valence electrons. The van der Waals surface area contributed by atoms with Gasteiger partial charge in [-0.05, 0) is 24.1 Å². The van der Waals surface area contributed by atoms with E-state index in [0.29, 0.717) is 38.0 Å². The van der Waals surface area contributed by atoms with E-state index in [0.717, 1.165) is 17.8 Å². The second-order valence-electron chi connectivity index (χ2n) is 7.40. The van der Waals surface area contributed by atoms with Gasteiger partial charge in [0, 0.05) is 51.4 Å². The van der Waals surface area contributed by atoms with E-state index >= 15 is 0 Å². The molecule has 1 aliphatic heterocycles. The van der Waals surface area contributed by atoms with Gasteiger partial charge in [-0.25, -0.2) is 4.79 Å². The quantitative estimate of drug-likeness (QED) is 0.473. The van der Waals surface area contributed by atoms with Crippen LogP contribution in [0.3, 0.4) is 0 Å². The summed E-state index contributed by atoms with van der Waals surface area (Å²) < 4.78 is 6.55. The molecule has 2 heterocycles. The van der Waals surface area contributed by atoms with E-state index in [1.807, 2.05) is 30.1 Å². The number of para-hydroxylation sites is 1. The lowest BCUT2D eigenvalue weighted by atomic mass is 10.1. The lowest BCUT2D eigenvalue weighted by molar-refractivity contribution is -0.384. The molecule has 0 atom stereocenters. The maximum Gasteiger partial charge on any atom is 0.419 e. The molecular weight excluding hydrogens is 388 g/mol. The SMILES string of the molecule is CN1CCN(C(=O)CCCn2c(=O)oc3cc([N+](=O)[O-])ccc32)Cc2ccccc21. The normalized spacial score (nSPS) is 13.9. The molecule has 4 rings (SSSR count). The fraction of sp³-hybridized carbons (Fsp3) is 0.333. The van der Waals surface area contributed by atoms with Crippen LogP contribution in [0.4, 0.5) is 11.4 Å². The Balaban J connectivity index is 1.42. The largest absolute Gasteiger partial charge is 0.419 e. The van der Waals surface area contributed by atoms with Crippen LogP contribution in [-0.2, 0) is 17.9 Å². The van der Waals surface area contributed by atoms with Crippen molar-refractivity contribution in [3.63, 3.8) is 0 Å². The zero-order valence-electron chi connectivity index (χ0n) is 16.6. The average Bonchev–Trinajstić information content (AvgIpc) is 2.94. The number of aryl methyl sites for hydroxylation is 1. The van der Waals surface area contributed by atoms with Crippen molar-refractivity contribution in [1.82, 2.24) is 9.47 Å². The van der Waals surface area contributed by atoms with Gasteiger partial charge < -0.3 is 14.2 Å². The first-order chi connectivity index (χ1) is 14.4. The first-order valence-electron chi connectivity index (χ1n) is 9.78. The van der Waals surface area contributed by atoms with Crippen LogP contribution >= 0.6 is 0 Å². The molecule has 3 aromatic rings. The number of likely N-dealkylation sites (N-methyl/N-ethyl adjacent to an activating group) is 1. The van der Waals surface area contributed by atoms with Gasteiger partial charge in [0.15, 0.2) is 5.58 Å². The molecule has 0 saturated heterocycles. The first-order valence-corrected chi connectivity index (χ1v) is 9.78. The molecule has 0 spiro atoms. The number of benzene rings is 2. The summed E-state index contributed by atoms with van der Waals surface area (Å²) in [4.78, 5) is 39.3. The highest BCUT2D eigenvalue weighted by Crippen LogP contribution is 2.24. The van der Waals surface area contributed by atoms with Crippen LogP contribution in [0.15, 0.2) is 51.7 Å². The third-order valence-corrected chi connectivity index (χ3v) is 5.46. The van der Waals surface area contributed by atoms with Gasteiger partial charge >= 0.3 is 5.76 Å². The van der Waals surface area contributed by atoms with Gasteiger partial charge in [-0.2, -0.15) is 0 Å². The highest BCUT2D eigenvalue weighted by atomic mass is 16.6. The van der Waals surface area contributed by atoms with E-state index < -0.39 is 10.7 Å². The number of carbonyl (C=O) groups is 1. The summed E-state index contributed by atoms with van der Waals surface area (Å²) in [5, 5.41) is 10.9. The summed E-state index contributed by atoms with van der Waals surface area (Å²) in [6, 6.07) is 12.1. The maximum absolute atomic E-state index is 12.8. The third-order valence-electron chi connectivity index (χ3n) is 5.46. The topological polar surface area (TPSA) is 102 Å². The van der Waals surface area contributed by atoms with Gasteiger partial charge in [0.05, 0.1) is 16.5 Å². The number of nitro benzene ring substituents is 1. The lowest BCUT2D eigenvalue weighted by Gasteiger charge is -2.21. The number of rotatable bonds is 5. The fourth-order valence-electron chi connectivity index (χ4n) is 3.83. The van der Waals surface area contributed by atoms with Gasteiger partial charge in [-0.15, -0.1) is 0 Å². The van der Waals surface area contributed by atoms with Crippen LogP contribution in [0.1, 0.15) is 18.4 Å². The number of nitrogens with zero attached hydrogens (tertiary/aromatic N) is 4. The van der Waals surface area contributed by atoms with Crippen LogP contribution in [0.5, 0.6) is 0 Å². The van der Waals surface area contributed by atoms with Crippen LogP contribution in [-0.4, -0.2) is 40.4 Å². The average molecular weight is 410 g/mol. The van der Waals surface area contributed by atoms with Crippen molar-refractivity contribution in [1.29, 1.82) is 0 Å². The van der Waals surface area contributed by atoms with E-state index in [1.54, 1.807) is 0 Å². The van der Waals surface area contributed by atoms with Crippen LogP contribution in [0.25, 0.3) is 11.1 Å². The predicted molar refractivity (Wildman–Crippen MR) is 111 cm³/mol. The number of fused-ring (bicyclic) bond motifs is 2. The maximum atomic E-state index is 12.8. The van der Waals surface area contributed by atoms with Crippen molar-refractivity contribution in [2.24, 2.45) is 0 Å². The van der Waals surface area contributed by atoms with Gasteiger partial charge in [0.25, 0.3) is 5.69 Å². The first kappa shape index (κ1) is 19.7. The molecule has 1 aromatic heterocycles. The number of carbonyl (C=O) groups excluding carboxylic acids is 1. The fourth-order valence-corrected chi connectivity index (χ4v) is 3.83. The molecule has 0 N–H and O–H groups in total. The van der Waals surface area contributed by atoms with E-state index in [1.165, 1.54) is 22.8 Å². The molecule has 0 bridgehead atoms. The molecule has 0 fully saturated rings. The number of hydrogen-bond acceptors (Lipinski definition) is 6. The Morgan fingerprint density at radius 1 is 1.20 bits per heavy atom. The predicted octanol–water partition coefficient (Wildman–Crippen LogP) is 2.76. The molecule has 0 unspecified atom stereocenters. The van der Waals surface area contributed by atoms with Gasteiger partial charge in [-0.3, -0.25) is 19.5 Å². The Morgan fingerprint density at radius 3 is 2.80 bits per heavy atom. The molecule has 2 aromatic carbocycles. The molecular formula is C21H22N4O5. The second kappa shape index (κ2) is 8.02. The van der Waals surface area contributed by atoms with Crippen LogP contribution < -0.4 is 10.7 Å². The van der Waals surface area contributed by atoms with Crippen molar-refractivity contribution in [3.8, 4) is 0 Å². The molecule has 30 heavy (non-hydrogen) atoms. The number of aromatic nitrogens is 1. The Bertz CT molecular complexity index is 1170. The highest BCUT2D eigenvalue weighted by molar-refractivity contribution is 5.77. The smallest absolute Gasteiger partial charge is 0.407 e. The molecule has 9 nitrogen and oxygen atoms in total. The summed E-state index contributed by atoms with van der Waals surface area (Å²) in [6.45, 7) is 2.27. The number of amides is 1. The second-order valence-corrected chi connectivity index (χ2v) is 7.40. The third kappa shape index (κ3) is 3.78. The summed E-state index contributed by atoms with van der Waals surface area (Å²) in [5.74, 6) is -0.542. The Labute approximate surface area is 172 Å². The highest BCUT2D eigenvalue weighted by Gasteiger charge is 2.21. The number of anilines is 1. The Kier molecular flexibility index (Phi) is 5.26. The minimum atomic E-state index is -0.580. The summed E-state index contributed by atoms with van der Waals surface area (Å²) in [7, 11) is 2.02. The van der Waals surface area contributed by atoms with Crippen LogP contribution in [0.2, 0.25) is 0 Å². The molecule has 0 saturated carbocycles. The van der Waals surface area contributed by atoms with E-state index in [9.17, 15) is 19.7 Å². The van der Waals surface area contributed by atoms with E-state index in [4.69, 9.17) is 4.42 Å². The zero-order valence-corrected chi connectivity index (χ0v) is 16.6. The number of hydrogen-bond donors (Lipinski definition) is 0. The summed E-state index contributed by atoms with van der Waals surface area (Å²) in [5.41, 5.74) is 2.78. The van der Waals surface area contributed by atoms with Crippen molar-refractivity contribution in [2.75, 3.05) is 25.0 Å². The minimum Gasteiger partial charge on any atom is -0.407 e. The van der Waals surface area contributed by atoms with Crippen molar-refractivity contribution in [3.05, 3.63) is 68.7 Å².